The second-order valence-corrected chi connectivity index (χ2v) is 11.1. The summed E-state index contributed by atoms with van der Waals surface area (Å²) in [6.07, 6.45) is -3.66. The second kappa shape index (κ2) is 10.2. The molecule has 4 aliphatic rings. The summed E-state index contributed by atoms with van der Waals surface area (Å²) in [6, 6.07) is 5.89. The van der Waals surface area contributed by atoms with Gasteiger partial charge in [-0.05, 0) is 6.92 Å². The molecule has 40 heavy (non-hydrogen) atoms. The van der Waals surface area contributed by atoms with Crippen LogP contribution in [-0.4, -0.2) is 105 Å². The van der Waals surface area contributed by atoms with Gasteiger partial charge in [-0.1, -0.05) is 24.3 Å². The van der Waals surface area contributed by atoms with Crippen LogP contribution in [0.15, 0.2) is 24.3 Å². The van der Waals surface area contributed by atoms with Crippen LogP contribution in [0.1, 0.15) is 68.8 Å². The number of carbonyl (C=O) groups excluding carboxylic acids is 2. The lowest BCUT2D eigenvalue weighted by Gasteiger charge is -2.46. The van der Waals surface area contributed by atoms with E-state index in [1.807, 2.05) is 6.92 Å². The third-order valence-corrected chi connectivity index (χ3v) is 8.61. The number of carbonyl (C=O) groups is 2. The second-order valence-electron chi connectivity index (χ2n) is 11.1. The van der Waals surface area contributed by atoms with E-state index in [4.69, 9.17) is 14.2 Å². The lowest BCUT2D eigenvalue weighted by atomic mass is 9.73. The van der Waals surface area contributed by atoms with Gasteiger partial charge in [-0.3, -0.25) is 14.5 Å². The van der Waals surface area contributed by atoms with Crippen molar-refractivity contribution in [3.8, 4) is 11.5 Å². The minimum atomic E-state index is -1.75. The Balaban J connectivity index is 1.37. The molecule has 5 N–H and O–H groups in total. The summed E-state index contributed by atoms with van der Waals surface area (Å²) in [6.45, 7) is 3.60. The van der Waals surface area contributed by atoms with Gasteiger partial charge in [-0.2, -0.15) is 0 Å². The highest BCUT2D eigenvalue weighted by Gasteiger charge is 2.48. The number of nitrogens with zero attached hydrogens (tertiary/aromatic N) is 1. The van der Waals surface area contributed by atoms with Gasteiger partial charge in [0.1, 0.15) is 11.5 Å². The number of ketones is 2. The van der Waals surface area contributed by atoms with E-state index in [2.05, 4.69) is 4.90 Å². The van der Waals surface area contributed by atoms with Gasteiger partial charge in [0.05, 0.1) is 60.9 Å². The first-order chi connectivity index (χ1) is 19.1. The van der Waals surface area contributed by atoms with Crippen LogP contribution in [0, 0.1) is 0 Å². The van der Waals surface area contributed by atoms with Gasteiger partial charge in [-0.15, -0.1) is 0 Å². The van der Waals surface area contributed by atoms with E-state index >= 15 is 0 Å². The lowest BCUT2D eigenvalue weighted by Crippen LogP contribution is -2.59. The molecule has 0 radical (unpaired) electrons. The van der Waals surface area contributed by atoms with Gasteiger partial charge in [0.25, 0.3) is 0 Å². The Kier molecular flexibility index (Phi) is 6.94. The Bertz CT molecular complexity index is 1340. The topological polar surface area (TPSA) is 166 Å². The highest BCUT2D eigenvalue weighted by Crippen LogP contribution is 2.51. The summed E-state index contributed by atoms with van der Waals surface area (Å²) < 4.78 is 17.8. The number of fused-ring (bicyclic) bond motifs is 3. The van der Waals surface area contributed by atoms with Crippen LogP contribution < -0.4 is 0 Å². The van der Waals surface area contributed by atoms with Crippen molar-refractivity contribution < 1.29 is 49.3 Å². The number of rotatable bonds is 4. The fraction of sp³-hybridized carbons (Fsp3) is 0.517. The highest BCUT2D eigenvalue weighted by molar-refractivity contribution is 6.30. The number of aliphatic hydroxyl groups excluding tert-OH is 2. The Morgan fingerprint density at radius 2 is 1.68 bits per heavy atom. The van der Waals surface area contributed by atoms with Crippen LogP contribution in [0.5, 0.6) is 11.5 Å². The van der Waals surface area contributed by atoms with Crippen LogP contribution >= 0.6 is 0 Å². The normalized spacial score (nSPS) is 32.4. The number of aliphatic hydroxyl groups is 3. The molecule has 0 saturated carbocycles. The smallest absolute Gasteiger partial charge is 0.198 e. The Hall–Kier alpha value is -2.90. The fourth-order valence-electron chi connectivity index (χ4n) is 6.71. The first-order valence-electron chi connectivity index (χ1n) is 13.6. The minimum absolute atomic E-state index is 0.0141. The summed E-state index contributed by atoms with van der Waals surface area (Å²) in [4.78, 5) is 28.9. The molecule has 6 rings (SSSR count). The van der Waals surface area contributed by atoms with Crippen LogP contribution in [0.25, 0.3) is 0 Å². The van der Waals surface area contributed by atoms with Gasteiger partial charge in [0, 0.05) is 54.6 Å². The minimum Gasteiger partial charge on any atom is -0.507 e. The number of aromatic hydroxyl groups is 2. The number of morpholine rings is 1. The predicted octanol–water partition coefficient (Wildman–Crippen LogP) is 0.797. The zero-order valence-corrected chi connectivity index (χ0v) is 22.1. The Morgan fingerprint density at radius 1 is 1.05 bits per heavy atom. The Morgan fingerprint density at radius 3 is 2.27 bits per heavy atom. The van der Waals surface area contributed by atoms with E-state index in [-0.39, 0.29) is 58.7 Å². The van der Waals surface area contributed by atoms with Crippen molar-refractivity contribution in [2.75, 3.05) is 32.9 Å². The van der Waals surface area contributed by atoms with E-state index in [9.17, 15) is 35.1 Å². The molecule has 2 aliphatic carbocycles. The number of hydrogen-bond donors (Lipinski definition) is 5. The standard InChI is InChI=1S/C29H33NO10/c1-14-24(30-6-8-38-9-7-30)18(32)10-20(39-14)40-19-12-29(37,13-31)11-17-21(19)28(36)23-22(27(17)35)25(33)15-4-2-3-5-16(15)26(23)34/h2-5,14,18-20,24,31-32,35-37H,6-13H2,1H3/t14?,18-,19+,20+,24-,29+/m1/s1. The summed E-state index contributed by atoms with van der Waals surface area (Å²) in [5.74, 6) is -2.30. The van der Waals surface area contributed by atoms with Gasteiger partial charge in [0.15, 0.2) is 17.9 Å². The predicted molar refractivity (Wildman–Crippen MR) is 138 cm³/mol. The number of phenolic OH excluding ortho intramolecular Hbond substituents is 2. The molecule has 6 atom stereocenters. The van der Waals surface area contributed by atoms with Crippen LogP contribution in [0.4, 0.5) is 0 Å². The molecule has 2 aromatic rings. The summed E-state index contributed by atoms with van der Waals surface area (Å²) in [5.41, 5.74) is -2.14. The molecule has 2 saturated heterocycles. The van der Waals surface area contributed by atoms with E-state index in [0.717, 1.165) is 0 Å². The van der Waals surface area contributed by atoms with Crippen LogP contribution in [0.3, 0.4) is 0 Å². The zero-order chi connectivity index (χ0) is 28.3. The number of benzene rings is 2. The summed E-state index contributed by atoms with van der Waals surface area (Å²) in [5, 5.41) is 55.0. The molecule has 0 amide bonds. The molecular formula is C29H33NO10. The van der Waals surface area contributed by atoms with Gasteiger partial charge in [0.2, 0.25) is 0 Å². The molecule has 2 heterocycles. The van der Waals surface area contributed by atoms with Crippen molar-refractivity contribution in [3.05, 3.63) is 57.6 Å². The maximum atomic E-state index is 13.4. The van der Waals surface area contributed by atoms with Gasteiger partial charge >= 0.3 is 0 Å². The van der Waals surface area contributed by atoms with Crippen molar-refractivity contribution in [2.45, 2.75) is 62.4 Å². The monoisotopic (exact) mass is 555 g/mol. The third-order valence-electron chi connectivity index (χ3n) is 8.61. The zero-order valence-electron chi connectivity index (χ0n) is 22.1. The number of phenols is 2. The number of hydrogen-bond acceptors (Lipinski definition) is 11. The van der Waals surface area contributed by atoms with E-state index in [1.54, 1.807) is 12.1 Å². The first-order valence-corrected chi connectivity index (χ1v) is 13.6. The average Bonchev–Trinajstić information content (AvgIpc) is 2.93. The molecule has 11 heteroatoms. The van der Waals surface area contributed by atoms with Gasteiger partial charge in [-0.25, -0.2) is 0 Å². The molecule has 0 spiro atoms. The maximum Gasteiger partial charge on any atom is 0.198 e. The van der Waals surface area contributed by atoms with E-state index in [1.165, 1.54) is 12.1 Å². The molecule has 214 valence electrons. The van der Waals surface area contributed by atoms with Crippen molar-refractivity contribution in [1.29, 1.82) is 0 Å². The van der Waals surface area contributed by atoms with Crippen LogP contribution in [0.2, 0.25) is 0 Å². The van der Waals surface area contributed by atoms with Crippen LogP contribution in [-0.2, 0) is 20.6 Å². The highest BCUT2D eigenvalue weighted by atomic mass is 16.7. The van der Waals surface area contributed by atoms with E-state index < -0.39 is 59.9 Å². The van der Waals surface area contributed by atoms with Crippen molar-refractivity contribution in [2.24, 2.45) is 0 Å². The van der Waals surface area contributed by atoms with Crippen molar-refractivity contribution in [3.63, 3.8) is 0 Å². The SMILES string of the molecule is CC1O[C@@H](O[C@H]2C[C@](O)(CO)Cc3c(O)c4c(c(O)c32)C(=O)c2ccccc2C4=O)C[C@@H](O)[C@@H]1N1CCOCC1. The third kappa shape index (κ3) is 4.33. The molecule has 2 fully saturated rings. The molecule has 1 unspecified atom stereocenters. The maximum absolute atomic E-state index is 13.4. The molecule has 2 aromatic carbocycles. The van der Waals surface area contributed by atoms with Crippen molar-refractivity contribution >= 4 is 11.6 Å². The van der Waals surface area contributed by atoms with Gasteiger partial charge < -0.3 is 39.7 Å². The summed E-state index contributed by atoms with van der Waals surface area (Å²) in [7, 11) is 0. The fourth-order valence-corrected chi connectivity index (χ4v) is 6.71. The quantitative estimate of drug-likeness (QED) is 0.289. The Labute approximate surface area is 230 Å². The molecular weight excluding hydrogens is 522 g/mol. The largest absolute Gasteiger partial charge is 0.507 e. The summed E-state index contributed by atoms with van der Waals surface area (Å²) >= 11 is 0. The number of ether oxygens (including phenoxy) is 3. The molecule has 0 bridgehead atoms. The van der Waals surface area contributed by atoms with E-state index in [0.29, 0.717) is 26.3 Å². The molecule has 2 aliphatic heterocycles. The molecule has 11 nitrogen and oxygen atoms in total. The first kappa shape index (κ1) is 27.3. The average molecular weight is 556 g/mol. The van der Waals surface area contributed by atoms with Crippen molar-refractivity contribution in [1.82, 2.24) is 4.90 Å². The lowest BCUT2D eigenvalue weighted by molar-refractivity contribution is -0.260. The molecule has 0 aromatic heterocycles.